The smallest absolute Gasteiger partial charge is 0.227 e. The Morgan fingerprint density at radius 2 is 1.56 bits per heavy atom. The van der Waals surface area contributed by atoms with E-state index in [4.69, 9.17) is 0 Å². The van der Waals surface area contributed by atoms with Crippen LogP contribution in [0.25, 0.3) is 0 Å². The summed E-state index contributed by atoms with van der Waals surface area (Å²) < 4.78 is 0. The van der Waals surface area contributed by atoms with Gasteiger partial charge in [-0.15, -0.1) is 0 Å². The van der Waals surface area contributed by atoms with Crippen LogP contribution in [0, 0.1) is 5.92 Å². The lowest BCUT2D eigenvalue weighted by molar-refractivity contribution is -0.120. The van der Waals surface area contributed by atoms with Crippen LogP contribution < -0.4 is 10.6 Å². The number of benzene rings is 1. The highest BCUT2D eigenvalue weighted by atomic mass is 16.1. The second-order valence-electron chi connectivity index (χ2n) is 7.44. The Balaban J connectivity index is 1.60. The third-order valence-electron chi connectivity index (χ3n) is 5.25. The van der Waals surface area contributed by atoms with Crippen LogP contribution in [0.5, 0.6) is 0 Å². The number of hydrogen-bond donors (Lipinski definition) is 2. The van der Waals surface area contributed by atoms with Crippen LogP contribution in [-0.2, 0) is 11.2 Å². The van der Waals surface area contributed by atoms with Gasteiger partial charge in [0, 0.05) is 11.6 Å². The normalized spacial score (nSPS) is 15.2. The maximum Gasteiger partial charge on any atom is 0.227 e. The summed E-state index contributed by atoms with van der Waals surface area (Å²) in [4.78, 5) is 12.3. The number of carbonyl (C=O) groups is 1. The molecule has 1 aromatic carbocycles. The number of rotatable bonds is 11. The molecule has 0 radical (unpaired) electrons. The van der Waals surface area contributed by atoms with E-state index in [0.29, 0.717) is 0 Å². The van der Waals surface area contributed by atoms with E-state index in [1.807, 2.05) is 0 Å². The Morgan fingerprint density at radius 3 is 2.20 bits per heavy atom. The van der Waals surface area contributed by atoms with Crippen LogP contribution in [0.1, 0.15) is 76.7 Å². The van der Waals surface area contributed by atoms with Crippen molar-refractivity contribution in [2.24, 2.45) is 5.92 Å². The predicted octanol–water partition coefficient (Wildman–Crippen LogP) is 5.31. The number of aryl methyl sites for hydroxylation is 1. The molecule has 0 spiro atoms. The van der Waals surface area contributed by atoms with E-state index >= 15 is 0 Å². The van der Waals surface area contributed by atoms with Gasteiger partial charge in [0.1, 0.15) is 0 Å². The predicted molar refractivity (Wildman–Crippen MR) is 107 cm³/mol. The van der Waals surface area contributed by atoms with Crippen molar-refractivity contribution in [3.8, 4) is 0 Å². The van der Waals surface area contributed by atoms with Crippen molar-refractivity contribution in [2.75, 3.05) is 18.4 Å². The zero-order valence-electron chi connectivity index (χ0n) is 16.0. The maximum absolute atomic E-state index is 12.3. The second-order valence-corrected chi connectivity index (χ2v) is 7.44. The first-order chi connectivity index (χ1) is 12.3. The molecule has 0 saturated carbocycles. The van der Waals surface area contributed by atoms with Crippen molar-refractivity contribution in [3.05, 3.63) is 29.8 Å². The molecule has 0 bridgehead atoms. The highest BCUT2D eigenvalue weighted by molar-refractivity contribution is 5.92. The van der Waals surface area contributed by atoms with Gasteiger partial charge < -0.3 is 10.6 Å². The fraction of sp³-hybridized carbons (Fsp3) is 0.682. The molecule has 1 heterocycles. The topological polar surface area (TPSA) is 41.1 Å². The summed E-state index contributed by atoms with van der Waals surface area (Å²) in [6.07, 6.45) is 13.9. The van der Waals surface area contributed by atoms with Gasteiger partial charge in [-0.2, -0.15) is 0 Å². The summed E-state index contributed by atoms with van der Waals surface area (Å²) in [5, 5.41) is 6.37. The van der Waals surface area contributed by atoms with E-state index in [2.05, 4.69) is 41.8 Å². The van der Waals surface area contributed by atoms with Gasteiger partial charge in [-0.25, -0.2) is 0 Å². The van der Waals surface area contributed by atoms with Crippen LogP contribution >= 0.6 is 0 Å². The molecule has 1 fully saturated rings. The molecule has 0 unspecified atom stereocenters. The molecule has 1 aliphatic heterocycles. The van der Waals surface area contributed by atoms with E-state index in [1.54, 1.807) is 0 Å². The average molecular weight is 345 g/mol. The van der Waals surface area contributed by atoms with E-state index in [9.17, 15) is 4.79 Å². The van der Waals surface area contributed by atoms with Gasteiger partial charge in [-0.05, 0) is 56.5 Å². The number of unbranched alkanes of at least 4 members (excludes halogenated alkanes) is 7. The molecule has 0 aromatic heterocycles. The van der Waals surface area contributed by atoms with Crippen molar-refractivity contribution in [2.45, 2.75) is 77.6 Å². The molecule has 1 amide bonds. The van der Waals surface area contributed by atoms with Crippen LogP contribution in [-0.4, -0.2) is 19.0 Å². The van der Waals surface area contributed by atoms with Gasteiger partial charge in [-0.1, -0.05) is 64.0 Å². The molecule has 3 heteroatoms. The Kier molecular flexibility index (Phi) is 9.65. The van der Waals surface area contributed by atoms with Gasteiger partial charge in [0.05, 0.1) is 0 Å². The zero-order chi connectivity index (χ0) is 17.7. The fourth-order valence-electron chi connectivity index (χ4n) is 3.55. The van der Waals surface area contributed by atoms with Crippen molar-refractivity contribution in [3.63, 3.8) is 0 Å². The minimum absolute atomic E-state index is 0.165. The molecule has 1 aliphatic rings. The quantitative estimate of drug-likeness (QED) is 0.534. The number of anilines is 1. The number of piperidine rings is 1. The average Bonchev–Trinajstić information content (AvgIpc) is 2.66. The number of hydrogen-bond acceptors (Lipinski definition) is 2. The van der Waals surface area contributed by atoms with E-state index in [1.165, 1.54) is 56.9 Å². The lowest BCUT2D eigenvalue weighted by Crippen LogP contribution is -2.34. The Labute approximate surface area is 154 Å². The standard InChI is InChI=1S/C22H36N2O/c1-2-3-4-5-6-7-8-9-10-19-11-13-21(14-12-19)24-22(25)20-15-17-23-18-16-20/h11-14,20,23H,2-10,15-18H2,1H3,(H,24,25). The Bertz CT molecular complexity index is 477. The summed E-state index contributed by atoms with van der Waals surface area (Å²) in [6.45, 7) is 4.18. The lowest BCUT2D eigenvalue weighted by atomic mass is 9.97. The number of nitrogens with one attached hydrogen (secondary N) is 2. The number of carbonyl (C=O) groups excluding carboxylic acids is 1. The summed E-state index contributed by atoms with van der Waals surface area (Å²) in [5.41, 5.74) is 2.31. The molecule has 3 nitrogen and oxygen atoms in total. The summed E-state index contributed by atoms with van der Waals surface area (Å²) in [7, 11) is 0. The maximum atomic E-state index is 12.3. The molecular formula is C22H36N2O. The SMILES string of the molecule is CCCCCCCCCCc1ccc(NC(=O)C2CCNCC2)cc1. The molecule has 0 atom stereocenters. The Hall–Kier alpha value is -1.35. The molecular weight excluding hydrogens is 308 g/mol. The second kappa shape index (κ2) is 12.1. The Morgan fingerprint density at radius 1 is 0.960 bits per heavy atom. The van der Waals surface area contributed by atoms with Crippen molar-refractivity contribution in [1.82, 2.24) is 5.32 Å². The molecule has 25 heavy (non-hydrogen) atoms. The van der Waals surface area contributed by atoms with Crippen LogP contribution in [0.4, 0.5) is 5.69 Å². The molecule has 1 saturated heterocycles. The van der Waals surface area contributed by atoms with Crippen LogP contribution in [0.2, 0.25) is 0 Å². The van der Waals surface area contributed by atoms with Crippen LogP contribution in [0.15, 0.2) is 24.3 Å². The summed E-state index contributed by atoms with van der Waals surface area (Å²) in [5.74, 6) is 0.343. The summed E-state index contributed by atoms with van der Waals surface area (Å²) >= 11 is 0. The largest absolute Gasteiger partial charge is 0.326 e. The molecule has 1 aromatic rings. The van der Waals surface area contributed by atoms with Crippen LogP contribution in [0.3, 0.4) is 0 Å². The molecule has 2 rings (SSSR count). The first-order valence-electron chi connectivity index (χ1n) is 10.4. The number of amides is 1. The lowest BCUT2D eigenvalue weighted by Gasteiger charge is -2.21. The van der Waals surface area contributed by atoms with Crippen molar-refractivity contribution >= 4 is 11.6 Å². The first kappa shape index (κ1) is 20.0. The third kappa shape index (κ3) is 8.04. The van der Waals surface area contributed by atoms with E-state index in [-0.39, 0.29) is 11.8 Å². The van der Waals surface area contributed by atoms with Crippen molar-refractivity contribution in [1.29, 1.82) is 0 Å². The highest BCUT2D eigenvalue weighted by Crippen LogP contribution is 2.17. The van der Waals surface area contributed by atoms with E-state index in [0.717, 1.165) is 38.0 Å². The van der Waals surface area contributed by atoms with Gasteiger partial charge >= 0.3 is 0 Å². The fourth-order valence-corrected chi connectivity index (χ4v) is 3.55. The van der Waals surface area contributed by atoms with E-state index < -0.39 is 0 Å². The highest BCUT2D eigenvalue weighted by Gasteiger charge is 2.20. The van der Waals surface area contributed by atoms with Crippen molar-refractivity contribution < 1.29 is 4.79 Å². The molecule has 2 N–H and O–H groups in total. The van der Waals surface area contributed by atoms with Gasteiger partial charge in [0.2, 0.25) is 5.91 Å². The third-order valence-corrected chi connectivity index (χ3v) is 5.25. The van der Waals surface area contributed by atoms with Gasteiger partial charge in [-0.3, -0.25) is 4.79 Å². The molecule has 0 aliphatic carbocycles. The minimum atomic E-state index is 0.165. The zero-order valence-corrected chi connectivity index (χ0v) is 16.0. The molecule has 140 valence electrons. The van der Waals surface area contributed by atoms with Gasteiger partial charge in [0.25, 0.3) is 0 Å². The monoisotopic (exact) mass is 344 g/mol. The minimum Gasteiger partial charge on any atom is -0.326 e. The first-order valence-corrected chi connectivity index (χ1v) is 10.4. The van der Waals surface area contributed by atoms with Gasteiger partial charge in [0.15, 0.2) is 0 Å². The summed E-state index contributed by atoms with van der Waals surface area (Å²) in [6, 6.07) is 8.44.